The Hall–Kier alpha value is -0.920. The van der Waals surface area contributed by atoms with Gasteiger partial charge in [-0.25, -0.2) is 8.42 Å². The maximum absolute atomic E-state index is 11.4. The number of sulfone groups is 1. The summed E-state index contributed by atoms with van der Waals surface area (Å²) in [6.07, 6.45) is 1.22. The Morgan fingerprint density at radius 1 is 1.19 bits per heavy atom. The van der Waals surface area contributed by atoms with Crippen LogP contribution in [0.5, 0.6) is 0 Å². The SMILES string of the molecule is CCc1cccc(S(C)(=O)=O)c1S(=O)(=O)O. The second-order valence-corrected chi connectivity index (χ2v) is 6.69. The van der Waals surface area contributed by atoms with Crippen molar-refractivity contribution in [3.05, 3.63) is 23.8 Å². The van der Waals surface area contributed by atoms with Gasteiger partial charge in [-0.3, -0.25) is 4.55 Å². The molecule has 0 fully saturated rings. The lowest BCUT2D eigenvalue weighted by Gasteiger charge is -2.09. The topological polar surface area (TPSA) is 88.5 Å². The average Bonchev–Trinajstić information content (AvgIpc) is 2.13. The van der Waals surface area contributed by atoms with Gasteiger partial charge < -0.3 is 0 Å². The smallest absolute Gasteiger partial charge is 0.282 e. The van der Waals surface area contributed by atoms with E-state index in [9.17, 15) is 16.8 Å². The van der Waals surface area contributed by atoms with Crippen LogP contribution in [-0.2, 0) is 26.4 Å². The van der Waals surface area contributed by atoms with Crippen LogP contribution in [0.3, 0.4) is 0 Å². The molecule has 7 heteroatoms. The molecule has 0 saturated carbocycles. The number of hydrogen-bond donors (Lipinski definition) is 1. The largest absolute Gasteiger partial charge is 0.296 e. The molecule has 0 radical (unpaired) electrons. The molecular weight excluding hydrogens is 252 g/mol. The second kappa shape index (κ2) is 4.15. The fourth-order valence-corrected chi connectivity index (χ4v) is 3.85. The van der Waals surface area contributed by atoms with E-state index >= 15 is 0 Å². The van der Waals surface area contributed by atoms with Gasteiger partial charge in [0.15, 0.2) is 9.84 Å². The van der Waals surface area contributed by atoms with Crippen LogP contribution in [0.25, 0.3) is 0 Å². The van der Waals surface area contributed by atoms with E-state index in [2.05, 4.69) is 0 Å². The van der Waals surface area contributed by atoms with Gasteiger partial charge in [-0.2, -0.15) is 8.42 Å². The van der Waals surface area contributed by atoms with Gasteiger partial charge >= 0.3 is 0 Å². The van der Waals surface area contributed by atoms with Gasteiger partial charge in [-0.15, -0.1) is 0 Å². The van der Waals surface area contributed by atoms with Crippen molar-refractivity contribution in [1.29, 1.82) is 0 Å². The molecule has 1 rings (SSSR count). The van der Waals surface area contributed by atoms with Crippen LogP contribution >= 0.6 is 0 Å². The van der Waals surface area contributed by atoms with Crippen molar-refractivity contribution in [3.63, 3.8) is 0 Å². The van der Waals surface area contributed by atoms with Gasteiger partial charge in [-0.1, -0.05) is 19.1 Å². The van der Waals surface area contributed by atoms with E-state index in [0.717, 1.165) is 12.3 Å². The third-order valence-electron chi connectivity index (χ3n) is 2.10. The van der Waals surface area contributed by atoms with Crippen LogP contribution < -0.4 is 0 Å². The van der Waals surface area contributed by atoms with Gasteiger partial charge in [0.2, 0.25) is 0 Å². The lowest BCUT2D eigenvalue weighted by molar-refractivity contribution is 0.478. The number of aryl methyl sites for hydroxylation is 1. The number of hydrogen-bond acceptors (Lipinski definition) is 4. The summed E-state index contributed by atoms with van der Waals surface area (Å²) in [6.45, 7) is 1.68. The number of benzene rings is 1. The quantitative estimate of drug-likeness (QED) is 0.819. The van der Waals surface area contributed by atoms with Gasteiger partial charge in [0, 0.05) is 6.26 Å². The molecule has 1 aromatic rings. The lowest BCUT2D eigenvalue weighted by Crippen LogP contribution is -2.10. The van der Waals surface area contributed by atoms with Crippen LogP contribution in [0.2, 0.25) is 0 Å². The molecule has 1 N–H and O–H groups in total. The van der Waals surface area contributed by atoms with Crippen molar-refractivity contribution in [3.8, 4) is 0 Å². The fourth-order valence-electron chi connectivity index (χ4n) is 1.42. The first-order valence-electron chi connectivity index (χ1n) is 4.47. The Morgan fingerprint density at radius 3 is 2.12 bits per heavy atom. The molecule has 16 heavy (non-hydrogen) atoms. The highest BCUT2D eigenvalue weighted by Gasteiger charge is 2.24. The Bertz CT molecular complexity index is 599. The molecule has 0 bridgehead atoms. The molecule has 0 aliphatic rings. The van der Waals surface area contributed by atoms with Crippen molar-refractivity contribution in [2.24, 2.45) is 0 Å². The van der Waals surface area contributed by atoms with E-state index in [4.69, 9.17) is 4.55 Å². The highest BCUT2D eigenvalue weighted by Crippen LogP contribution is 2.25. The minimum Gasteiger partial charge on any atom is -0.282 e. The van der Waals surface area contributed by atoms with Crippen molar-refractivity contribution in [2.75, 3.05) is 6.26 Å². The maximum atomic E-state index is 11.4. The molecule has 1 aromatic carbocycles. The van der Waals surface area contributed by atoms with Crippen LogP contribution in [0.15, 0.2) is 28.0 Å². The zero-order valence-electron chi connectivity index (χ0n) is 8.84. The van der Waals surface area contributed by atoms with Gasteiger partial charge in [-0.05, 0) is 18.1 Å². The number of rotatable bonds is 3. The highest BCUT2D eigenvalue weighted by atomic mass is 32.2. The van der Waals surface area contributed by atoms with Gasteiger partial charge in [0.05, 0.1) is 4.90 Å². The van der Waals surface area contributed by atoms with E-state index < -0.39 is 24.9 Å². The summed E-state index contributed by atoms with van der Waals surface area (Å²) in [5.41, 5.74) is 0.283. The summed E-state index contributed by atoms with van der Waals surface area (Å²) in [7, 11) is -8.23. The zero-order valence-corrected chi connectivity index (χ0v) is 10.5. The molecule has 5 nitrogen and oxygen atoms in total. The fraction of sp³-hybridized carbons (Fsp3) is 0.333. The molecule has 0 unspecified atom stereocenters. The molecule has 0 aliphatic heterocycles. The maximum Gasteiger partial charge on any atom is 0.296 e. The lowest BCUT2D eigenvalue weighted by atomic mass is 10.2. The Labute approximate surface area is 94.8 Å². The predicted octanol–water partition coefficient (Wildman–Crippen LogP) is 0.899. The third kappa shape index (κ3) is 2.60. The van der Waals surface area contributed by atoms with Crippen molar-refractivity contribution in [1.82, 2.24) is 0 Å². The predicted molar refractivity (Wildman–Crippen MR) is 58.7 cm³/mol. The van der Waals surface area contributed by atoms with E-state index in [1.807, 2.05) is 0 Å². The summed E-state index contributed by atoms with van der Waals surface area (Å²) < 4.78 is 54.2. The van der Waals surface area contributed by atoms with Crippen LogP contribution in [0, 0.1) is 0 Å². The molecule has 0 aliphatic carbocycles. The molecule has 0 aromatic heterocycles. The van der Waals surface area contributed by atoms with Crippen LogP contribution in [-0.4, -0.2) is 27.6 Å². The summed E-state index contributed by atoms with van der Waals surface area (Å²) in [5.74, 6) is 0. The van der Waals surface area contributed by atoms with E-state index in [1.54, 1.807) is 6.92 Å². The first kappa shape index (κ1) is 13.1. The van der Waals surface area contributed by atoms with E-state index in [-0.39, 0.29) is 10.5 Å². The minimum absolute atomic E-state index is 0.283. The van der Waals surface area contributed by atoms with E-state index in [0.29, 0.717) is 6.42 Å². The second-order valence-electron chi connectivity index (χ2n) is 3.35. The molecule has 90 valence electrons. The van der Waals surface area contributed by atoms with Crippen molar-refractivity contribution in [2.45, 2.75) is 23.1 Å². The monoisotopic (exact) mass is 264 g/mol. The summed E-state index contributed by atoms with van der Waals surface area (Å²) >= 11 is 0. The summed E-state index contributed by atoms with van der Waals surface area (Å²) in [6, 6.07) is 4.08. The average molecular weight is 264 g/mol. The van der Waals surface area contributed by atoms with Crippen molar-refractivity contribution < 1.29 is 21.4 Å². The normalized spacial score (nSPS) is 12.7. The van der Waals surface area contributed by atoms with E-state index in [1.165, 1.54) is 12.1 Å². The molecule has 0 amide bonds. The minimum atomic E-state index is -4.54. The molecule has 0 heterocycles. The highest BCUT2D eigenvalue weighted by molar-refractivity contribution is 7.92. The summed E-state index contributed by atoms with van der Waals surface area (Å²) in [4.78, 5) is -0.880. The third-order valence-corrected chi connectivity index (χ3v) is 4.37. The Morgan fingerprint density at radius 2 is 1.75 bits per heavy atom. The molecule has 0 saturated heterocycles. The zero-order chi connectivity index (χ0) is 12.6. The Balaban J connectivity index is 3.79. The first-order chi connectivity index (χ1) is 7.18. The van der Waals surface area contributed by atoms with Crippen molar-refractivity contribution >= 4 is 20.0 Å². The van der Waals surface area contributed by atoms with Crippen LogP contribution in [0.1, 0.15) is 12.5 Å². The van der Waals surface area contributed by atoms with Crippen LogP contribution in [0.4, 0.5) is 0 Å². The van der Waals surface area contributed by atoms with Gasteiger partial charge in [0.1, 0.15) is 4.90 Å². The summed E-state index contributed by atoms with van der Waals surface area (Å²) in [5, 5.41) is 0. The van der Waals surface area contributed by atoms with Gasteiger partial charge in [0.25, 0.3) is 10.1 Å². The standard InChI is InChI=1S/C9H12O5S2/c1-3-7-5-4-6-8(15(2,10)11)9(7)16(12,13)14/h4-6H,3H2,1-2H3,(H,12,13,14). The molecule has 0 spiro atoms. The Kier molecular flexibility index (Phi) is 3.41. The molecular formula is C9H12O5S2. The first-order valence-corrected chi connectivity index (χ1v) is 7.80. The molecule has 0 atom stereocenters.